The molecule has 284 valence electrons. The Morgan fingerprint density at radius 1 is 0.392 bits per heavy atom. The molecule has 0 heterocycles. The van der Waals surface area contributed by atoms with Gasteiger partial charge in [-0.05, 0) is 100 Å². The van der Waals surface area contributed by atoms with Crippen LogP contribution >= 0.6 is 0 Å². The van der Waals surface area contributed by atoms with Crippen molar-refractivity contribution in [2.75, 3.05) is 0 Å². The Morgan fingerprint density at radius 3 is 1.18 bits per heavy atom. The SMILES string of the molecule is CCCCCCCCC=CCCc1ccccc1N=C(CCCCC)C(CCCCCC)=Nc1ccccc1CCC=CCCCCCCCC. The van der Waals surface area contributed by atoms with Gasteiger partial charge in [0.05, 0.1) is 22.8 Å². The smallest absolute Gasteiger partial charge is 0.0665 e. The maximum Gasteiger partial charge on any atom is 0.0665 e. The summed E-state index contributed by atoms with van der Waals surface area (Å²) in [5, 5.41) is 0. The Bertz CT molecular complexity index is 1230. The summed E-state index contributed by atoms with van der Waals surface area (Å²) in [4.78, 5) is 11.0. The molecule has 0 unspecified atom stereocenters. The number of rotatable bonds is 32. The fraction of sp³-hybridized carbons (Fsp3) is 0.633. The Balaban J connectivity index is 2.22. The highest BCUT2D eigenvalue weighted by Gasteiger charge is 2.13. The van der Waals surface area contributed by atoms with Gasteiger partial charge in [-0.25, -0.2) is 0 Å². The van der Waals surface area contributed by atoms with Crippen molar-refractivity contribution in [1.29, 1.82) is 0 Å². The van der Waals surface area contributed by atoms with Gasteiger partial charge in [-0.15, -0.1) is 0 Å². The summed E-state index contributed by atoms with van der Waals surface area (Å²) >= 11 is 0. The molecule has 0 aliphatic carbocycles. The summed E-state index contributed by atoms with van der Waals surface area (Å²) in [6, 6.07) is 17.7. The van der Waals surface area contributed by atoms with Crippen LogP contribution in [0.3, 0.4) is 0 Å². The third-order valence-corrected chi connectivity index (χ3v) is 10.1. The van der Waals surface area contributed by atoms with Crippen LogP contribution in [0.15, 0.2) is 82.8 Å². The maximum atomic E-state index is 5.50. The predicted octanol–water partition coefficient (Wildman–Crippen LogP) is 16.6. The zero-order chi connectivity index (χ0) is 36.5. The average Bonchev–Trinajstić information content (AvgIpc) is 3.15. The molecule has 0 fully saturated rings. The molecule has 2 aromatic rings. The van der Waals surface area contributed by atoms with E-state index in [9.17, 15) is 0 Å². The number of aryl methyl sites for hydroxylation is 2. The monoisotopic (exact) mass is 695 g/mol. The van der Waals surface area contributed by atoms with E-state index in [1.165, 1.54) is 151 Å². The Labute approximate surface area is 316 Å². The fourth-order valence-electron chi connectivity index (χ4n) is 6.78. The number of nitrogens with zero attached hydrogens (tertiary/aromatic N) is 2. The number of hydrogen-bond donors (Lipinski definition) is 0. The summed E-state index contributed by atoms with van der Waals surface area (Å²) in [5.41, 5.74) is 7.40. The first-order valence-corrected chi connectivity index (χ1v) is 21.8. The van der Waals surface area contributed by atoms with E-state index < -0.39 is 0 Å². The van der Waals surface area contributed by atoms with Crippen molar-refractivity contribution in [2.45, 2.75) is 201 Å². The molecule has 0 aliphatic heterocycles. The summed E-state index contributed by atoms with van der Waals surface area (Å²) in [5.74, 6) is 0. The first-order chi connectivity index (χ1) is 25.2. The topological polar surface area (TPSA) is 24.7 Å². The van der Waals surface area contributed by atoms with Crippen LogP contribution in [0.2, 0.25) is 0 Å². The highest BCUT2D eigenvalue weighted by Crippen LogP contribution is 2.26. The number of aliphatic imine (C=N–C) groups is 2. The highest BCUT2D eigenvalue weighted by molar-refractivity contribution is 6.43. The third-order valence-electron chi connectivity index (χ3n) is 10.1. The molecule has 0 saturated heterocycles. The van der Waals surface area contributed by atoms with Crippen LogP contribution in [0.1, 0.15) is 199 Å². The molecule has 0 N–H and O–H groups in total. The van der Waals surface area contributed by atoms with E-state index in [1.807, 2.05) is 0 Å². The average molecular weight is 695 g/mol. The molecule has 0 amide bonds. The van der Waals surface area contributed by atoms with Crippen LogP contribution in [-0.4, -0.2) is 11.4 Å². The van der Waals surface area contributed by atoms with Crippen LogP contribution in [0.5, 0.6) is 0 Å². The van der Waals surface area contributed by atoms with Gasteiger partial charge in [0.1, 0.15) is 0 Å². The van der Waals surface area contributed by atoms with Gasteiger partial charge in [0.2, 0.25) is 0 Å². The van der Waals surface area contributed by atoms with Crippen LogP contribution in [0, 0.1) is 0 Å². The van der Waals surface area contributed by atoms with E-state index >= 15 is 0 Å². The minimum Gasteiger partial charge on any atom is -0.251 e. The van der Waals surface area contributed by atoms with Gasteiger partial charge in [0.15, 0.2) is 0 Å². The summed E-state index contributed by atoms with van der Waals surface area (Å²) in [6.07, 6.45) is 43.2. The van der Waals surface area contributed by atoms with Gasteiger partial charge in [-0.3, -0.25) is 9.98 Å². The molecule has 0 aromatic heterocycles. The molecular formula is C49H78N2. The van der Waals surface area contributed by atoms with E-state index in [1.54, 1.807) is 0 Å². The van der Waals surface area contributed by atoms with E-state index in [2.05, 4.69) is 101 Å². The number of allylic oxidation sites excluding steroid dienone is 4. The molecule has 0 radical (unpaired) electrons. The third kappa shape index (κ3) is 22.1. The molecular weight excluding hydrogens is 617 g/mol. The second-order valence-corrected chi connectivity index (χ2v) is 14.8. The summed E-state index contributed by atoms with van der Waals surface area (Å²) < 4.78 is 0. The summed E-state index contributed by atoms with van der Waals surface area (Å²) in [6.45, 7) is 9.17. The first-order valence-electron chi connectivity index (χ1n) is 21.8. The molecule has 0 spiro atoms. The Kier molecular flexibility index (Phi) is 27.8. The minimum absolute atomic E-state index is 0.996. The minimum atomic E-state index is 0.996. The largest absolute Gasteiger partial charge is 0.251 e. The van der Waals surface area contributed by atoms with Gasteiger partial charge in [-0.1, -0.05) is 185 Å². The normalized spacial score (nSPS) is 12.5. The van der Waals surface area contributed by atoms with Crippen molar-refractivity contribution in [2.24, 2.45) is 9.98 Å². The van der Waals surface area contributed by atoms with E-state index in [-0.39, 0.29) is 0 Å². The second kappa shape index (κ2) is 32.0. The van der Waals surface area contributed by atoms with E-state index in [0.29, 0.717) is 0 Å². The van der Waals surface area contributed by atoms with E-state index in [0.717, 1.165) is 56.3 Å². The molecule has 0 atom stereocenters. The highest BCUT2D eigenvalue weighted by atomic mass is 14.8. The van der Waals surface area contributed by atoms with Crippen LogP contribution in [0.25, 0.3) is 0 Å². The molecule has 0 aliphatic rings. The zero-order valence-corrected chi connectivity index (χ0v) is 33.9. The van der Waals surface area contributed by atoms with Gasteiger partial charge >= 0.3 is 0 Å². The molecule has 2 heteroatoms. The first kappa shape index (κ1) is 44.4. The molecule has 0 bridgehead atoms. The molecule has 0 saturated carbocycles. The number of unbranched alkanes of at least 4 members (excludes halogenated alkanes) is 17. The van der Waals surface area contributed by atoms with E-state index in [4.69, 9.17) is 9.98 Å². The summed E-state index contributed by atoms with van der Waals surface area (Å²) in [7, 11) is 0. The number of benzene rings is 2. The molecule has 2 aromatic carbocycles. The lowest BCUT2D eigenvalue weighted by atomic mass is 10.00. The zero-order valence-electron chi connectivity index (χ0n) is 33.9. The molecule has 51 heavy (non-hydrogen) atoms. The lowest BCUT2D eigenvalue weighted by Crippen LogP contribution is -2.15. The Hall–Kier alpha value is -2.74. The quantitative estimate of drug-likeness (QED) is 0.0414. The number of hydrogen-bond acceptors (Lipinski definition) is 2. The lowest BCUT2D eigenvalue weighted by molar-refractivity contribution is 0.611. The molecule has 2 rings (SSSR count). The lowest BCUT2D eigenvalue weighted by Gasteiger charge is -2.14. The van der Waals surface area contributed by atoms with Crippen molar-refractivity contribution in [1.82, 2.24) is 0 Å². The maximum absolute atomic E-state index is 5.50. The van der Waals surface area contributed by atoms with Gasteiger partial charge in [0, 0.05) is 0 Å². The second-order valence-electron chi connectivity index (χ2n) is 14.8. The fourth-order valence-corrected chi connectivity index (χ4v) is 6.78. The standard InChI is InChI=1S/C49H78N2/c1-5-9-13-16-18-20-22-24-26-29-36-44-38-32-34-40-46(44)50-48(42-28-12-8-4)49(43-31-15-11-7-3)51-47-41-35-33-39-45(47)37-30-27-25-23-21-19-17-14-10-6-2/h24-27,32-35,38-41H,5-23,28-31,36-37,42-43H2,1-4H3. The van der Waals surface area contributed by atoms with Gasteiger partial charge in [0.25, 0.3) is 0 Å². The van der Waals surface area contributed by atoms with Crippen molar-refractivity contribution in [3.63, 3.8) is 0 Å². The van der Waals surface area contributed by atoms with Crippen molar-refractivity contribution in [3.05, 3.63) is 84.0 Å². The van der Waals surface area contributed by atoms with Crippen LogP contribution < -0.4 is 0 Å². The van der Waals surface area contributed by atoms with Gasteiger partial charge < -0.3 is 0 Å². The Morgan fingerprint density at radius 2 is 0.725 bits per heavy atom. The van der Waals surface area contributed by atoms with Gasteiger partial charge in [-0.2, -0.15) is 0 Å². The van der Waals surface area contributed by atoms with Crippen molar-refractivity contribution in [3.8, 4) is 0 Å². The van der Waals surface area contributed by atoms with Crippen molar-refractivity contribution >= 4 is 22.8 Å². The number of para-hydroxylation sites is 2. The predicted molar refractivity (Wildman–Crippen MR) is 231 cm³/mol. The van der Waals surface area contributed by atoms with Crippen molar-refractivity contribution < 1.29 is 0 Å². The van der Waals surface area contributed by atoms with Crippen LogP contribution in [-0.2, 0) is 12.8 Å². The molecule has 2 nitrogen and oxygen atoms in total. The van der Waals surface area contributed by atoms with Crippen LogP contribution in [0.4, 0.5) is 11.4 Å².